The second-order valence-corrected chi connectivity index (χ2v) is 35.9. The maximum atomic E-state index is 7.00. The molecule has 2 aliphatic rings. The molecule has 0 amide bonds. The van der Waals surface area contributed by atoms with Gasteiger partial charge in [-0.3, -0.25) is 12.2 Å². The Labute approximate surface area is 301 Å². The van der Waals surface area contributed by atoms with Crippen molar-refractivity contribution in [1.82, 2.24) is 0 Å². The van der Waals surface area contributed by atoms with Crippen molar-refractivity contribution in [3.8, 4) is 0 Å². The Morgan fingerprint density at radius 2 is 0.762 bits per heavy atom. The Morgan fingerprint density at radius 1 is 0.548 bits per heavy atom. The van der Waals surface area contributed by atoms with E-state index in [1.54, 1.807) is 24.3 Å². The number of nitrogens with one attached hydrogen (secondary N) is 2. The molecule has 2 N–H and O–H groups in total. The van der Waals surface area contributed by atoms with Crippen molar-refractivity contribution in [2.45, 2.75) is 81.6 Å². The Kier molecular flexibility index (Phi) is 32.7. The fourth-order valence-electron chi connectivity index (χ4n) is 3.20. The van der Waals surface area contributed by atoms with Crippen molar-refractivity contribution in [3.63, 3.8) is 0 Å². The second kappa shape index (κ2) is 28.2. The summed E-state index contributed by atoms with van der Waals surface area (Å²) in [4.78, 5) is 0. The van der Waals surface area contributed by atoms with Crippen LogP contribution in [-0.2, 0) is 46.0 Å². The summed E-state index contributed by atoms with van der Waals surface area (Å²) in [5.74, 6) is 1.12. The Morgan fingerprint density at radius 3 is 0.833 bits per heavy atom. The summed E-state index contributed by atoms with van der Waals surface area (Å²) in [7, 11) is 0. The fraction of sp³-hybridized carbons (Fsp3) is 0.412. The maximum Gasteiger partial charge on any atom is -0.0624 e. The zero-order chi connectivity index (χ0) is 31.4. The van der Waals surface area contributed by atoms with Crippen molar-refractivity contribution in [2.75, 3.05) is 0 Å². The molecule has 2 unspecified atom stereocenters. The molecule has 0 spiro atoms. The van der Waals surface area contributed by atoms with Gasteiger partial charge in [-0.1, -0.05) is 114 Å². The monoisotopic (exact) mass is 974 g/mol. The van der Waals surface area contributed by atoms with E-state index in [0.717, 1.165) is 0 Å². The molecular formula is C34H52Cl2Hf2N2Si2. The topological polar surface area (TPSA) is 47.6 Å². The zero-order valence-corrected chi connectivity index (χ0v) is 38.6. The molecule has 0 heterocycles. The van der Waals surface area contributed by atoms with Crippen LogP contribution in [0.4, 0.5) is 11.4 Å². The van der Waals surface area contributed by atoms with E-state index in [1.807, 2.05) is 36.4 Å². The molecule has 0 aromatic heterocycles. The van der Waals surface area contributed by atoms with E-state index in [0.29, 0.717) is 23.2 Å². The van der Waals surface area contributed by atoms with E-state index in [1.165, 1.54) is 79.4 Å². The van der Waals surface area contributed by atoms with Gasteiger partial charge in [0.2, 0.25) is 0 Å². The average molecular weight is 973 g/mol. The zero-order valence-electron chi connectivity index (χ0n) is 27.7. The van der Waals surface area contributed by atoms with E-state index >= 15 is 0 Å². The standard InChI is InChI=1S/2C9H13.2C6H6N.2C2H6Si.2ClH.2Hf/c2*1-6-5-7(2)9(4)8(6)3;2*7-6-4-2-1-3-5-6;2*1-3-2;;;;/h2*6H,1-4H3;2*1-5,7H;2*1-2H3;2*1H;;/q4*-1;;;;;2*+2. The smallest absolute Gasteiger partial charge is 0.0624 e. The molecule has 8 heteroatoms. The van der Waals surface area contributed by atoms with Crippen LogP contribution in [0.25, 0.3) is 11.5 Å². The van der Waals surface area contributed by atoms with Crippen molar-refractivity contribution in [2.24, 2.45) is 11.8 Å². The molecule has 0 fully saturated rings. The molecular weight excluding hydrogens is 920 g/mol. The summed E-state index contributed by atoms with van der Waals surface area (Å²) in [6.07, 6.45) is 6.72. The Balaban J connectivity index is -0.000000210. The Hall–Kier alpha value is -0.246. The molecule has 2 aliphatic carbocycles. The minimum absolute atomic E-state index is 0. The third-order valence-electron chi connectivity index (χ3n) is 6.02. The van der Waals surface area contributed by atoms with E-state index in [-0.39, 0.29) is 35.8 Å². The third kappa shape index (κ3) is 26.2. The van der Waals surface area contributed by atoms with Crippen LogP contribution in [0.5, 0.6) is 0 Å². The van der Waals surface area contributed by atoms with Crippen molar-refractivity contribution in [3.05, 3.63) is 118 Å². The molecule has 2 aromatic rings. The van der Waals surface area contributed by atoms with Gasteiger partial charge < -0.3 is 11.5 Å². The number of rotatable bonds is 0. The van der Waals surface area contributed by atoms with Gasteiger partial charge in [0.1, 0.15) is 0 Å². The van der Waals surface area contributed by atoms with Crippen molar-refractivity contribution in [1.29, 1.82) is 0 Å². The second-order valence-electron chi connectivity index (χ2n) is 10.3. The molecule has 4 rings (SSSR count). The molecule has 228 valence electrons. The normalized spacial score (nSPS) is 15.8. The van der Waals surface area contributed by atoms with Gasteiger partial charge >= 0.3 is 83.2 Å². The predicted octanol–water partition coefficient (Wildman–Crippen LogP) is 12.6. The summed E-state index contributed by atoms with van der Waals surface area (Å²) in [6.45, 7) is 26.7. The summed E-state index contributed by atoms with van der Waals surface area (Å²) in [6, 6.07) is 18.2. The molecule has 0 saturated heterocycles. The molecule has 0 saturated carbocycles. The van der Waals surface area contributed by atoms with Crippen LogP contribution in [0.1, 0.15) is 55.4 Å². The van der Waals surface area contributed by atoms with Crippen LogP contribution in [0.2, 0.25) is 26.2 Å². The molecule has 0 aliphatic heterocycles. The fourth-order valence-corrected chi connectivity index (χ4v) is 3.20. The van der Waals surface area contributed by atoms with Gasteiger partial charge in [0.25, 0.3) is 0 Å². The van der Waals surface area contributed by atoms with Crippen LogP contribution < -0.4 is 0 Å². The summed E-state index contributed by atoms with van der Waals surface area (Å²) >= 11 is 2.90. The van der Waals surface area contributed by atoms with Crippen LogP contribution in [0.3, 0.4) is 0 Å². The van der Waals surface area contributed by atoms with Crippen LogP contribution >= 0.6 is 24.8 Å². The molecule has 2 aromatic carbocycles. The minimum atomic E-state index is 0. The van der Waals surface area contributed by atoms with Crippen LogP contribution in [-0.4, -0.2) is 11.0 Å². The van der Waals surface area contributed by atoms with E-state index < -0.39 is 0 Å². The van der Waals surface area contributed by atoms with Crippen LogP contribution in [0, 0.1) is 24.0 Å². The average Bonchev–Trinajstić information content (AvgIpc) is 3.22. The van der Waals surface area contributed by atoms with Gasteiger partial charge in [0.15, 0.2) is 0 Å². The number of hydrogen-bond acceptors (Lipinski definition) is 0. The van der Waals surface area contributed by atoms with Gasteiger partial charge in [-0.05, 0) is 0 Å². The first-order valence-corrected chi connectivity index (χ1v) is 29.4. The van der Waals surface area contributed by atoms with E-state index in [4.69, 9.17) is 11.5 Å². The van der Waals surface area contributed by atoms with Crippen molar-refractivity contribution >= 4 is 47.2 Å². The quantitative estimate of drug-likeness (QED) is 0.187. The van der Waals surface area contributed by atoms with Crippen LogP contribution in [0.15, 0.2) is 94.1 Å². The largest absolute Gasteiger partial charge is 0.699 e. The minimum Gasteiger partial charge on any atom is -0.699 e. The summed E-state index contributed by atoms with van der Waals surface area (Å²) in [5.41, 5.74) is 24.1. The first kappa shape index (κ1) is 48.7. The molecule has 2 nitrogen and oxygen atoms in total. The third-order valence-corrected chi connectivity index (χ3v) is 6.02. The molecule has 0 radical (unpaired) electrons. The maximum absolute atomic E-state index is 7.00. The van der Waals surface area contributed by atoms with Gasteiger partial charge in [0.05, 0.1) is 0 Å². The van der Waals surface area contributed by atoms with Crippen molar-refractivity contribution < 1.29 is 46.0 Å². The molecule has 0 bridgehead atoms. The number of halogens is 2. The summed E-state index contributed by atoms with van der Waals surface area (Å²) in [5, 5.41) is 0. The van der Waals surface area contributed by atoms with Gasteiger partial charge in [0, 0.05) is 0 Å². The SMILES string of the molecule is CC1=[C-]C(C)C(C)=C1C.CC1=[C-]C(C)C(C)=C1C.C[Si](C)=[Hf+2].C[Si](C)=[Hf+2].Cl.Cl.[NH-]c1ccccc1.[NH-]c1ccccc1. The van der Waals surface area contributed by atoms with Gasteiger partial charge in [-0.2, -0.15) is 22.3 Å². The van der Waals surface area contributed by atoms with E-state index in [9.17, 15) is 0 Å². The first-order valence-electron chi connectivity index (χ1n) is 13.6. The van der Waals surface area contributed by atoms with E-state index in [2.05, 4.69) is 93.7 Å². The predicted molar refractivity (Wildman–Crippen MR) is 190 cm³/mol. The molecule has 2 atom stereocenters. The summed E-state index contributed by atoms with van der Waals surface area (Å²) < 4.78 is 0. The van der Waals surface area contributed by atoms with Gasteiger partial charge in [-0.25, -0.2) is 11.1 Å². The number of hydrogen-bond donors (Lipinski definition) is 0. The number of allylic oxidation sites excluding steroid dienone is 8. The number of benzene rings is 2. The Bertz CT molecular complexity index is 1080. The first-order chi connectivity index (χ1) is 18.5. The molecule has 42 heavy (non-hydrogen) atoms. The van der Waals surface area contributed by atoms with Gasteiger partial charge in [-0.15, -0.1) is 50.0 Å².